The third-order valence-corrected chi connectivity index (χ3v) is 4.17. The minimum atomic E-state index is -0.260. The first-order valence-electron chi connectivity index (χ1n) is 6.84. The lowest BCUT2D eigenvalue weighted by Gasteiger charge is -2.31. The maximum Gasteiger partial charge on any atom is 0.123 e. The first-order valence-corrected chi connectivity index (χ1v) is 6.84. The highest BCUT2D eigenvalue weighted by Crippen LogP contribution is 2.47. The van der Waals surface area contributed by atoms with E-state index in [1.165, 1.54) is 6.07 Å². The normalized spacial score (nSPS) is 26.4. The van der Waals surface area contributed by atoms with Gasteiger partial charge in [-0.15, -0.1) is 0 Å². The molecule has 0 radical (unpaired) electrons. The zero-order valence-electron chi connectivity index (χ0n) is 12.5. The number of ether oxygens (including phenoxy) is 1. The van der Waals surface area contributed by atoms with E-state index in [1.807, 2.05) is 6.92 Å². The van der Waals surface area contributed by atoms with Crippen molar-refractivity contribution in [3.05, 3.63) is 35.1 Å². The number of hydrogen-bond donors (Lipinski definition) is 1. The molecule has 2 atom stereocenters. The summed E-state index contributed by atoms with van der Waals surface area (Å²) in [4.78, 5) is 0. The van der Waals surface area contributed by atoms with Gasteiger partial charge in [-0.3, -0.25) is 0 Å². The summed E-state index contributed by atoms with van der Waals surface area (Å²) in [6.07, 6.45) is 0.915. The Morgan fingerprint density at radius 1 is 1.32 bits per heavy atom. The molecule has 1 aromatic carbocycles. The first-order chi connectivity index (χ1) is 8.62. The Hall–Kier alpha value is -0.930. The number of nitrogens with two attached hydrogens (primary N) is 1. The lowest BCUT2D eigenvalue weighted by Crippen LogP contribution is -2.36. The molecule has 1 aliphatic rings. The van der Waals surface area contributed by atoms with Crippen LogP contribution >= 0.6 is 0 Å². The van der Waals surface area contributed by atoms with Crippen LogP contribution in [0, 0.1) is 18.7 Å². The predicted molar refractivity (Wildman–Crippen MR) is 75.4 cm³/mol. The SMILES string of the molecule is Cc1cc(F)ccc1C(N)C1CC(C)(C)OC1(C)C. The third-order valence-electron chi connectivity index (χ3n) is 4.17. The van der Waals surface area contributed by atoms with E-state index < -0.39 is 0 Å². The summed E-state index contributed by atoms with van der Waals surface area (Å²) in [7, 11) is 0. The molecule has 2 nitrogen and oxygen atoms in total. The van der Waals surface area contributed by atoms with Gasteiger partial charge < -0.3 is 10.5 Å². The minimum absolute atomic E-state index is 0.127. The van der Waals surface area contributed by atoms with E-state index in [0.717, 1.165) is 17.5 Å². The van der Waals surface area contributed by atoms with Crippen LogP contribution in [0.1, 0.15) is 51.3 Å². The lowest BCUT2D eigenvalue weighted by molar-refractivity contribution is -0.0767. The van der Waals surface area contributed by atoms with Gasteiger partial charge in [0.15, 0.2) is 0 Å². The maximum atomic E-state index is 13.2. The summed E-state index contributed by atoms with van der Waals surface area (Å²) in [6.45, 7) is 10.3. The molecule has 1 fully saturated rings. The Kier molecular flexibility index (Phi) is 3.48. The molecule has 0 saturated carbocycles. The topological polar surface area (TPSA) is 35.2 Å². The van der Waals surface area contributed by atoms with E-state index in [0.29, 0.717) is 0 Å². The molecule has 106 valence electrons. The summed E-state index contributed by atoms with van der Waals surface area (Å²) in [6, 6.07) is 4.70. The molecule has 3 heteroatoms. The molecule has 1 aliphatic heterocycles. The standard InChI is InChI=1S/C16H24FNO/c1-10-8-11(17)6-7-12(10)14(18)13-9-15(2,3)19-16(13,4)5/h6-8,13-14H,9,18H2,1-5H3. The molecule has 0 aromatic heterocycles. The summed E-state index contributed by atoms with van der Waals surface area (Å²) in [5.41, 5.74) is 7.96. The van der Waals surface area contributed by atoms with Gasteiger partial charge in [0, 0.05) is 12.0 Å². The molecular weight excluding hydrogens is 241 g/mol. The predicted octanol–water partition coefficient (Wildman–Crippen LogP) is 3.73. The Bertz CT molecular complexity index is 482. The first kappa shape index (κ1) is 14.5. The van der Waals surface area contributed by atoms with Gasteiger partial charge in [-0.1, -0.05) is 6.07 Å². The van der Waals surface area contributed by atoms with Crippen LogP contribution in [0.4, 0.5) is 4.39 Å². The Morgan fingerprint density at radius 2 is 1.95 bits per heavy atom. The minimum Gasteiger partial charge on any atom is -0.369 e. The van der Waals surface area contributed by atoms with Crippen molar-refractivity contribution >= 4 is 0 Å². The second-order valence-corrected chi connectivity index (χ2v) is 6.80. The molecule has 2 N–H and O–H groups in total. The number of aryl methyl sites for hydroxylation is 1. The fourth-order valence-corrected chi connectivity index (χ4v) is 3.39. The fourth-order valence-electron chi connectivity index (χ4n) is 3.39. The van der Waals surface area contributed by atoms with Crippen molar-refractivity contribution in [2.45, 2.75) is 58.3 Å². The van der Waals surface area contributed by atoms with Gasteiger partial charge in [0.25, 0.3) is 0 Å². The van der Waals surface area contributed by atoms with E-state index in [9.17, 15) is 4.39 Å². The van der Waals surface area contributed by atoms with Crippen molar-refractivity contribution in [1.29, 1.82) is 0 Å². The fraction of sp³-hybridized carbons (Fsp3) is 0.625. The van der Waals surface area contributed by atoms with Crippen molar-refractivity contribution in [1.82, 2.24) is 0 Å². The third kappa shape index (κ3) is 2.82. The van der Waals surface area contributed by atoms with E-state index in [1.54, 1.807) is 12.1 Å². The van der Waals surface area contributed by atoms with Gasteiger partial charge in [0.2, 0.25) is 0 Å². The molecule has 0 spiro atoms. The van der Waals surface area contributed by atoms with Crippen LogP contribution in [0.25, 0.3) is 0 Å². The highest BCUT2D eigenvalue weighted by Gasteiger charge is 2.48. The number of hydrogen-bond acceptors (Lipinski definition) is 2. The summed E-state index contributed by atoms with van der Waals surface area (Å²) in [5.74, 6) is 0.0161. The molecule has 1 saturated heterocycles. The average molecular weight is 265 g/mol. The zero-order valence-corrected chi connectivity index (χ0v) is 12.5. The number of rotatable bonds is 2. The average Bonchev–Trinajstić information content (AvgIpc) is 2.45. The van der Waals surface area contributed by atoms with Crippen LogP contribution in [0.3, 0.4) is 0 Å². The number of halogens is 1. The summed E-state index contributed by atoms with van der Waals surface area (Å²) >= 11 is 0. The van der Waals surface area contributed by atoms with Crippen molar-refractivity contribution in [2.24, 2.45) is 11.7 Å². The highest BCUT2D eigenvalue weighted by atomic mass is 19.1. The quantitative estimate of drug-likeness (QED) is 0.884. The Balaban J connectivity index is 2.31. The van der Waals surface area contributed by atoms with Crippen molar-refractivity contribution in [3.63, 3.8) is 0 Å². The van der Waals surface area contributed by atoms with Gasteiger partial charge >= 0.3 is 0 Å². The number of benzene rings is 1. The molecule has 1 heterocycles. The molecule has 2 unspecified atom stereocenters. The van der Waals surface area contributed by atoms with Gasteiger partial charge in [0.1, 0.15) is 5.82 Å². The monoisotopic (exact) mass is 265 g/mol. The Morgan fingerprint density at radius 3 is 2.42 bits per heavy atom. The van der Waals surface area contributed by atoms with Gasteiger partial charge in [-0.25, -0.2) is 4.39 Å². The van der Waals surface area contributed by atoms with Crippen LogP contribution < -0.4 is 5.73 Å². The largest absolute Gasteiger partial charge is 0.369 e. The van der Waals surface area contributed by atoms with Crippen molar-refractivity contribution < 1.29 is 9.13 Å². The molecule has 19 heavy (non-hydrogen) atoms. The van der Waals surface area contributed by atoms with E-state index in [-0.39, 0.29) is 29.0 Å². The van der Waals surface area contributed by atoms with Crippen LogP contribution in [0.15, 0.2) is 18.2 Å². The molecule has 2 rings (SSSR count). The van der Waals surface area contributed by atoms with Crippen LogP contribution in [-0.4, -0.2) is 11.2 Å². The molecule has 0 aliphatic carbocycles. The molecular formula is C16H24FNO. The second kappa shape index (κ2) is 4.57. The van der Waals surface area contributed by atoms with Crippen LogP contribution in [0.5, 0.6) is 0 Å². The smallest absolute Gasteiger partial charge is 0.123 e. The lowest BCUT2D eigenvalue weighted by atomic mass is 9.78. The van der Waals surface area contributed by atoms with Gasteiger partial charge in [-0.05, 0) is 64.3 Å². The molecule has 0 amide bonds. The maximum absolute atomic E-state index is 13.2. The van der Waals surface area contributed by atoms with Gasteiger partial charge in [-0.2, -0.15) is 0 Å². The molecule has 0 bridgehead atoms. The Labute approximate surface area is 115 Å². The van der Waals surface area contributed by atoms with E-state index >= 15 is 0 Å². The molecule has 1 aromatic rings. The zero-order chi connectivity index (χ0) is 14.4. The van der Waals surface area contributed by atoms with E-state index in [4.69, 9.17) is 10.5 Å². The van der Waals surface area contributed by atoms with E-state index in [2.05, 4.69) is 27.7 Å². The second-order valence-electron chi connectivity index (χ2n) is 6.80. The van der Waals surface area contributed by atoms with Crippen LogP contribution in [-0.2, 0) is 4.74 Å². The van der Waals surface area contributed by atoms with Crippen molar-refractivity contribution in [3.8, 4) is 0 Å². The highest BCUT2D eigenvalue weighted by molar-refractivity contribution is 5.30. The van der Waals surface area contributed by atoms with Crippen molar-refractivity contribution in [2.75, 3.05) is 0 Å². The summed E-state index contributed by atoms with van der Waals surface area (Å²) < 4.78 is 19.3. The summed E-state index contributed by atoms with van der Waals surface area (Å²) in [5, 5.41) is 0. The van der Waals surface area contributed by atoms with Gasteiger partial charge in [0.05, 0.1) is 11.2 Å². The van der Waals surface area contributed by atoms with Crippen LogP contribution in [0.2, 0.25) is 0 Å².